The minimum absolute atomic E-state index is 0.186. The van der Waals surface area contributed by atoms with E-state index in [4.69, 9.17) is 27.9 Å². The number of nitrogens with zero attached hydrogens (tertiary/aromatic N) is 1. The van der Waals surface area contributed by atoms with E-state index < -0.39 is 24.2 Å². The van der Waals surface area contributed by atoms with Crippen LogP contribution in [0.4, 0.5) is 0 Å². The second kappa shape index (κ2) is 7.66. The number of ether oxygens (including phenoxy) is 1. The van der Waals surface area contributed by atoms with Crippen LogP contribution < -0.4 is 0 Å². The normalized spacial score (nSPS) is 21.5. The lowest BCUT2D eigenvalue weighted by molar-refractivity contribution is -0.170. The zero-order valence-electron chi connectivity index (χ0n) is 13.9. The average molecular weight is 394 g/mol. The molecule has 1 aliphatic heterocycles. The third-order valence-electron chi connectivity index (χ3n) is 4.45. The molecule has 0 spiro atoms. The first-order valence-corrected chi connectivity index (χ1v) is 8.80. The van der Waals surface area contributed by atoms with Crippen LogP contribution in [0.5, 0.6) is 0 Å². The molecule has 2 aromatic carbocycles. The molecule has 0 aliphatic carbocycles. The summed E-state index contributed by atoms with van der Waals surface area (Å²) in [6, 6.07) is 12.5. The first kappa shape index (κ1) is 18.7. The number of carbonyl (C=O) groups excluding carboxylic acids is 1. The number of carboxylic acid groups (broad SMARTS) is 1. The summed E-state index contributed by atoms with van der Waals surface area (Å²) in [4.78, 5) is 25.5. The Balaban J connectivity index is 2.09. The molecule has 1 heterocycles. The standard InChI is InChI=1S/C19H17Cl2NO4/c1-11(19(24)25)22-16(23)10-26-18(13-4-8-15(21)9-5-13)17(22)12-2-6-14(20)7-3-12/h2-9,11,17-18H,10H2,1H3,(H,24,25)/t11-,17-,18+/m0/s1. The summed E-state index contributed by atoms with van der Waals surface area (Å²) < 4.78 is 5.81. The van der Waals surface area contributed by atoms with Crippen LogP contribution in [0.15, 0.2) is 48.5 Å². The monoisotopic (exact) mass is 393 g/mol. The van der Waals surface area contributed by atoms with Gasteiger partial charge in [-0.25, -0.2) is 4.79 Å². The summed E-state index contributed by atoms with van der Waals surface area (Å²) in [5.41, 5.74) is 1.56. The third kappa shape index (κ3) is 3.70. The molecule has 7 heteroatoms. The molecule has 26 heavy (non-hydrogen) atoms. The molecule has 5 nitrogen and oxygen atoms in total. The van der Waals surface area contributed by atoms with Crippen LogP contribution in [0.3, 0.4) is 0 Å². The molecule has 0 bridgehead atoms. The molecule has 0 radical (unpaired) electrons. The van der Waals surface area contributed by atoms with Crippen molar-refractivity contribution in [2.45, 2.75) is 25.1 Å². The molecule has 1 N–H and O–H groups in total. The number of carbonyl (C=O) groups is 2. The first-order chi connectivity index (χ1) is 12.4. The Morgan fingerprint density at radius 1 is 1.08 bits per heavy atom. The molecule has 136 valence electrons. The summed E-state index contributed by atoms with van der Waals surface area (Å²) in [6.07, 6.45) is -0.520. The fourth-order valence-corrected chi connectivity index (χ4v) is 3.38. The van der Waals surface area contributed by atoms with Crippen molar-refractivity contribution in [1.29, 1.82) is 0 Å². The van der Waals surface area contributed by atoms with Gasteiger partial charge in [0.05, 0.1) is 6.04 Å². The number of halogens is 2. The first-order valence-electron chi connectivity index (χ1n) is 8.05. The SMILES string of the molecule is C[C@@H](C(=O)O)N1C(=O)CO[C@H](c2ccc(Cl)cc2)[C@@H]1c1ccc(Cl)cc1. The number of morpholine rings is 1. The van der Waals surface area contributed by atoms with Crippen LogP contribution in [-0.4, -0.2) is 34.5 Å². The van der Waals surface area contributed by atoms with Crippen molar-refractivity contribution in [3.05, 3.63) is 69.7 Å². The van der Waals surface area contributed by atoms with Gasteiger partial charge in [0.25, 0.3) is 0 Å². The highest BCUT2D eigenvalue weighted by atomic mass is 35.5. The Labute approximate surface area is 161 Å². The Bertz CT molecular complexity index is 807. The molecular formula is C19H17Cl2NO4. The quantitative estimate of drug-likeness (QED) is 0.848. The third-order valence-corrected chi connectivity index (χ3v) is 4.95. The predicted octanol–water partition coefficient (Wildman–Crippen LogP) is 4.11. The average Bonchev–Trinajstić information content (AvgIpc) is 2.62. The second-order valence-corrected chi connectivity index (χ2v) is 6.97. The van der Waals surface area contributed by atoms with E-state index in [9.17, 15) is 14.7 Å². The molecule has 3 atom stereocenters. The van der Waals surface area contributed by atoms with E-state index in [0.717, 1.165) is 11.1 Å². The van der Waals surface area contributed by atoms with Crippen molar-refractivity contribution in [3.8, 4) is 0 Å². The van der Waals surface area contributed by atoms with Gasteiger partial charge in [-0.2, -0.15) is 0 Å². The van der Waals surface area contributed by atoms with Crippen molar-refractivity contribution in [2.24, 2.45) is 0 Å². The topological polar surface area (TPSA) is 66.8 Å². The Hall–Kier alpha value is -2.08. The van der Waals surface area contributed by atoms with E-state index in [-0.39, 0.29) is 12.5 Å². The van der Waals surface area contributed by atoms with Crippen LogP contribution >= 0.6 is 23.2 Å². The zero-order valence-corrected chi connectivity index (χ0v) is 15.4. The summed E-state index contributed by atoms with van der Waals surface area (Å²) >= 11 is 11.9. The summed E-state index contributed by atoms with van der Waals surface area (Å²) in [5, 5.41) is 10.6. The minimum Gasteiger partial charge on any atom is -0.480 e. The van der Waals surface area contributed by atoms with Gasteiger partial charge in [-0.05, 0) is 42.3 Å². The van der Waals surface area contributed by atoms with Crippen LogP contribution in [-0.2, 0) is 14.3 Å². The van der Waals surface area contributed by atoms with Gasteiger partial charge in [0, 0.05) is 10.0 Å². The maximum atomic E-state index is 12.5. The van der Waals surface area contributed by atoms with Gasteiger partial charge in [0.2, 0.25) is 5.91 Å². The molecule has 2 aromatic rings. The van der Waals surface area contributed by atoms with Gasteiger partial charge < -0.3 is 14.7 Å². The number of hydrogen-bond donors (Lipinski definition) is 1. The lowest BCUT2D eigenvalue weighted by Crippen LogP contribution is -2.52. The van der Waals surface area contributed by atoms with Crippen LogP contribution in [0, 0.1) is 0 Å². The fraction of sp³-hybridized carbons (Fsp3) is 0.263. The molecule has 1 amide bonds. The smallest absolute Gasteiger partial charge is 0.326 e. The summed E-state index contributed by atoms with van der Waals surface area (Å²) in [6.45, 7) is 1.31. The van der Waals surface area contributed by atoms with Gasteiger partial charge in [-0.3, -0.25) is 4.79 Å². The lowest BCUT2D eigenvalue weighted by atomic mass is 9.91. The Morgan fingerprint density at radius 3 is 2.08 bits per heavy atom. The van der Waals surface area contributed by atoms with Crippen molar-refractivity contribution in [2.75, 3.05) is 6.61 Å². The number of benzene rings is 2. The van der Waals surface area contributed by atoms with Crippen molar-refractivity contribution in [3.63, 3.8) is 0 Å². The highest BCUT2D eigenvalue weighted by molar-refractivity contribution is 6.30. The number of carboxylic acids is 1. The molecule has 3 rings (SSSR count). The maximum absolute atomic E-state index is 12.5. The van der Waals surface area contributed by atoms with Gasteiger partial charge in [-0.1, -0.05) is 47.5 Å². The van der Waals surface area contributed by atoms with E-state index in [1.807, 2.05) is 12.1 Å². The zero-order chi connectivity index (χ0) is 18.8. The highest BCUT2D eigenvalue weighted by Gasteiger charge is 2.42. The van der Waals surface area contributed by atoms with Gasteiger partial charge in [0.1, 0.15) is 18.8 Å². The molecule has 0 aromatic heterocycles. The van der Waals surface area contributed by atoms with E-state index >= 15 is 0 Å². The van der Waals surface area contributed by atoms with Gasteiger partial charge >= 0.3 is 5.97 Å². The predicted molar refractivity (Wildman–Crippen MR) is 98.3 cm³/mol. The van der Waals surface area contributed by atoms with Gasteiger partial charge in [-0.15, -0.1) is 0 Å². The largest absolute Gasteiger partial charge is 0.480 e. The lowest BCUT2D eigenvalue weighted by Gasteiger charge is -2.43. The Kier molecular flexibility index (Phi) is 5.51. The molecule has 0 saturated carbocycles. The highest BCUT2D eigenvalue weighted by Crippen LogP contribution is 2.41. The molecule has 0 unspecified atom stereocenters. The number of hydrogen-bond acceptors (Lipinski definition) is 3. The van der Waals surface area contributed by atoms with Crippen LogP contribution in [0.2, 0.25) is 10.0 Å². The molecular weight excluding hydrogens is 377 g/mol. The number of amides is 1. The van der Waals surface area contributed by atoms with E-state index in [1.54, 1.807) is 36.4 Å². The molecule has 1 saturated heterocycles. The number of aliphatic carboxylic acids is 1. The maximum Gasteiger partial charge on any atom is 0.326 e. The summed E-state index contributed by atoms with van der Waals surface area (Å²) in [7, 11) is 0. The van der Waals surface area contributed by atoms with Crippen molar-refractivity contribution in [1.82, 2.24) is 4.90 Å². The molecule has 1 fully saturated rings. The van der Waals surface area contributed by atoms with Crippen LogP contribution in [0.1, 0.15) is 30.2 Å². The van der Waals surface area contributed by atoms with Gasteiger partial charge in [0.15, 0.2) is 0 Å². The van der Waals surface area contributed by atoms with E-state index in [1.165, 1.54) is 11.8 Å². The van der Waals surface area contributed by atoms with E-state index in [2.05, 4.69) is 0 Å². The second-order valence-electron chi connectivity index (χ2n) is 6.09. The minimum atomic E-state index is -1.07. The molecule has 1 aliphatic rings. The fourth-order valence-electron chi connectivity index (χ4n) is 3.13. The Morgan fingerprint density at radius 2 is 1.58 bits per heavy atom. The van der Waals surface area contributed by atoms with Crippen molar-refractivity contribution >= 4 is 35.1 Å². The van der Waals surface area contributed by atoms with Crippen LogP contribution in [0.25, 0.3) is 0 Å². The number of rotatable bonds is 4. The van der Waals surface area contributed by atoms with E-state index in [0.29, 0.717) is 10.0 Å². The van der Waals surface area contributed by atoms with Crippen molar-refractivity contribution < 1.29 is 19.4 Å². The summed E-state index contributed by atoms with van der Waals surface area (Å²) in [5.74, 6) is -1.45.